The van der Waals surface area contributed by atoms with E-state index in [4.69, 9.17) is 9.40 Å². The molecule has 1 aliphatic carbocycles. The molecule has 1 amide bonds. The van der Waals surface area contributed by atoms with Crippen molar-refractivity contribution in [3.63, 3.8) is 0 Å². The van der Waals surface area contributed by atoms with E-state index in [0.717, 1.165) is 37.4 Å². The minimum atomic E-state index is -0.254. The molecule has 2 aromatic heterocycles. The number of carbonyl (C=O) groups excluding carboxylic acids is 1. The zero-order valence-electron chi connectivity index (χ0n) is 17.1. The van der Waals surface area contributed by atoms with Gasteiger partial charge < -0.3 is 14.2 Å². The lowest BCUT2D eigenvalue weighted by molar-refractivity contribution is 0.0997. The zero-order chi connectivity index (χ0) is 20.5. The molecule has 3 heterocycles. The number of aromatic nitrogens is 1. The van der Waals surface area contributed by atoms with Crippen LogP contribution in [0.1, 0.15) is 41.4 Å². The minimum absolute atomic E-state index is 0.254. The van der Waals surface area contributed by atoms with Crippen LogP contribution in [0.2, 0.25) is 0 Å². The maximum absolute atomic E-state index is 12.8. The van der Waals surface area contributed by atoms with Gasteiger partial charge in [-0.2, -0.15) is 0 Å². The molecule has 6 nitrogen and oxygen atoms in total. The van der Waals surface area contributed by atoms with Crippen molar-refractivity contribution in [3.05, 3.63) is 53.9 Å². The van der Waals surface area contributed by atoms with Gasteiger partial charge in [-0.15, -0.1) is 0 Å². The fourth-order valence-electron chi connectivity index (χ4n) is 3.94. The van der Waals surface area contributed by atoms with Gasteiger partial charge in [-0.05, 0) is 32.0 Å². The van der Waals surface area contributed by atoms with Gasteiger partial charge in [0, 0.05) is 37.7 Å². The number of benzene rings is 1. The number of carbonyl (C=O) groups is 1. The highest BCUT2D eigenvalue weighted by molar-refractivity contribution is 7.19. The van der Waals surface area contributed by atoms with Crippen molar-refractivity contribution in [2.24, 2.45) is 0 Å². The third kappa shape index (κ3) is 3.87. The summed E-state index contributed by atoms with van der Waals surface area (Å²) in [7, 11) is 2.16. The number of anilines is 2. The van der Waals surface area contributed by atoms with Crippen LogP contribution in [-0.2, 0) is 0 Å². The van der Waals surface area contributed by atoms with E-state index in [9.17, 15) is 4.79 Å². The molecule has 2 aliphatic rings. The highest BCUT2D eigenvalue weighted by Gasteiger charge is 2.30. The maximum atomic E-state index is 12.8. The largest absolute Gasteiger partial charge is 0.451 e. The minimum Gasteiger partial charge on any atom is -0.451 e. The normalized spacial score (nSPS) is 17.7. The molecule has 3 aromatic rings. The molecule has 2 fully saturated rings. The SMILES string of the molecule is CN1CCN(c2sc(NC(=O)c3ccc(-c4ccccc4)o3)nc2C2CCC2)CC1. The first kappa shape index (κ1) is 19.3. The molecule has 30 heavy (non-hydrogen) atoms. The Balaban J connectivity index is 1.34. The van der Waals surface area contributed by atoms with Gasteiger partial charge in [-0.25, -0.2) is 4.98 Å². The van der Waals surface area contributed by atoms with Crippen molar-refractivity contribution in [3.8, 4) is 11.3 Å². The predicted octanol–water partition coefficient (Wildman–Crippen LogP) is 4.67. The Hall–Kier alpha value is -2.64. The lowest BCUT2D eigenvalue weighted by Gasteiger charge is -2.35. The summed E-state index contributed by atoms with van der Waals surface area (Å²) in [5.74, 6) is 1.26. The smallest absolute Gasteiger partial charge is 0.293 e. The van der Waals surface area contributed by atoms with Crippen molar-refractivity contribution < 1.29 is 9.21 Å². The van der Waals surface area contributed by atoms with Gasteiger partial charge in [0.05, 0.1) is 5.69 Å². The third-order valence-corrected chi connectivity index (χ3v) is 7.07. The summed E-state index contributed by atoms with van der Waals surface area (Å²) >= 11 is 1.59. The standard InChI is InChI=1S/C23H26N4O2S/c1-26-12-14-27(15-13-26)22-20(17-8-5-9-17)24-23(30-22)25-21(28)19-11-10-18(29-19)16-6-3-2-4-7-16/h2-4,6-7,10-11,17H,5,8-9,12-15H2,1H3,(H,24,25,28). The number of hydrogen-bond acceptors (Lipinski definition) is 6. The van der Waals surface area contributed by atoms with Crippen LogP contribution in [-0.4, -0.2) is 49.0 Å². The molecule has 1 saturated carbocycles. The molecule has 0 radical (unpaired) electrons. The van der Waals surface area contributed by atoms with Gasteiger partial charge in [-0.3, -0.25) is 10.1 Å². The predicted molar refractivity (Wildman–Crippen MR) is 121 cm³/mol. The number of nitrogens with zero attached hydrogens (tertiary/aromatic N) is 3. The number of amides is 1. The van der Waals surface area contributed by atoms with E-state index in [1.807, 2.05) is 36.4 Å². The average Bonchev–Trinajstić information content (AvgIpc) is 3.36. The van der Waals surface area contributed by atoms with Crippen LogP contribution < -0.4 is 10.2 Å². The van der Waals surface area contributed by atoms with Crippen molar-refractivity contribution in [2.75, 3.05) is 43.4 Å². The Morgan fingerprint density at radius 1 is 1.10 bits per heavy atom. The average molecular weight is 423 g/mol. The first-order valence-corrected chi connectivity index (χ1v) is 11.4. The van der Waals surface area contributed by atoms with Gasteiger partial charge in [-0.1, -0.05) is 48.1 Å². The molecule has 1 aromatic carbocycles. The molecule has 1 saturated heterocycles. The summed E-state index contributed by atoms with van der Waals surface area (Å²) in [6.45, 7) is 4.12. The van der Waals surface area contributed by atoms with Gasteiger partial charge in [0.1, 0.15) is 10.8 Å². The van der Waals surface area contributed by atoms with E-state index in [-0.39, 0.29) is 5.91 Å². The van der Waals surface area contributed by atoms with Gasteiger partial charge in [0.15, 0.2) is 10.9 Å². The topological polar surface area (TPSA) is 61.6 Å². The molecule has 0 bridgehead atoms. The maximum Gasteiger partial charge on any atom is 0.293 e. The molecule has 1 N–H and O–H groups in total. The van der Waals surface area contributed by atoms with E-state index < -0.39 is 0 Å². The highest BCUT2D eigenvalue weighted by Crippen LogP contribution is 2.44. The Labute approximate surface area is 180 Å². The van der Waals surface area contributed by atoms with Crippen LogP contribution in [0, 0.1) is 0 Å². The van der Waals surface area contributed by atoms with E-state index in [0.29, 0.717) is 22.6 Å². The van der Waals surface area contributed by atoms with Crippen molar-refractivity contribution in [2.45, 2.75) is 25.2 Å². The lowest BCUT2D eigenvalue weighted by Crippen LogP contribution is -2.44. The van der Waals surface area contributed by atoms with E-state index in [1.54, 1.807) is 17.4 Å². The van der Waals surface area contributed by atoms with Crippen LogP contribution in [0.25, 0.3) is 11.3 Å². The molecule has 5 rings (SSSR count). The second kappa shape index (κ2) is 8.24. The fourth-order valence-corrected chi connectivity index (χ4v) is 5.04. The number of hydrogen-bond donors (Lipinski definition) is 1. The number of furan rings is 1. The summed E-state index contributed by atoms with van der Waals surface area (Å²) in [6, 6.07) is 13.4. The summed E-state index contributed by atoms with van der Waals surface area (Å²) in [5, 5.41) is 4.86. The Morgan fingerprint density at radius 2 is 1.87 bits per heavy atom. The first-order valence-electron chi connectivity index (χ1n) is 10.6. The molecule has 7 heteroatoms. The lowest BCUT2D eigenvalue weighted by atomic mass is 9.83. The number of nitrogens with one attached hydrogen (secondary N) is 1. The number of rotatable bonds is 5. The van der Waals surface area contributed by atoms with Crippen LogP contribution in [0.15, 0.2) is 46.9 Å². The Bertz CT molecular complexity index is 1020. The Kier molecular flexibility index (Phi) is 5.31. The monoisotopic (exact) mass is 422 g/mol. The van der Waals surface area contributed by atoms with Gasteiger partial charge >= 0.3 is 0 Å². The van der Waals surface area contributed by atoms with E-state index >= 15 is 0 Å². The van der Waals surface area contributed by atoms with E-state index in [2.05, 4.69) is 22.2 Å². The molecule has 0 spiro atoms. The molecule has 0 unspecified atom stereocenters. The second-order valence-electron chi connectivity index (χ2n) is 8.11. The molecular weight excluding hydrogens is 396 g/mol. The van der Waals surface area contributed by atoms with Crippen LogP contribution in [0.3, 0.4) is 0 Å². The first-order chi connectivity index (χ1) is 14.7. The number of likely N-dealkylation sites (N-methyl/N-ethyl adjacent to an activating group) is 1. The number of thiazole rings is 1. The third-order valence-electron chi connectivity index (χ3n) is 6.03. The molecule has 156 valence electrons. The summed E-state index contributed by atoms with van der Waals surface area (Å²) in [4.78, 5) is 22.4. The molecule has 1 aliphatic heterocycles. The van der Waals surface area contributed by atoms with E-state index in [1.165, 1.54) is 24.3 Å². The van der Waals surface area contributed by atoms with Gasteiger partial charge in [0.25, 0.3) is 5.91 Å². The van der Waals surface area contributed by atoms with Crippen LogP contribution in [0.4, 0.5) is 10.1 Å². The number of piperazine rings is 1. The quantitative estimate of drug-likeness (QED) is 0.647. The van der Waals surface area contributed by atoms with Crippen LogP contribution in [0.5, 0.6) is 0 Å². The van der Waals surface area contributed by atoms with Crippen molar-refractivity contribution in [1.82, 2.24) is 9.88 Å². The summed E-state index contributed by atoms with van der Waals surface area (Å²) in [5.41, 5.74) is 2.12. The Morgan fingerprint density at radius 3 is 2.57 bits per heavy atom. The molecular formula is C23H26N4O2S. The highest BCUT2D eigenvalue weighted by atomic mass is 32.1. The van der Waals surface area contributed by atoms with Crippen molar-refractivity contribution in [1.29, 1.82) is 0 Å². The zero-order valence-corrected chi connectivity index (χ0v) is 18.0. The van der Waals surface area contributed by atoms with Gasteiger partial charge in [0.2, 0.25) is 0 Å². The molecule has 0 atom stereocenters. The fraction of sp³-hybridized carbons (Fsp3) is 0.391. The van der Waals surface area contributed by atoms with Crippen LogP contribution >= 0.6 is 11.3 Å². The van der Waals surface area contributed by atoms with Crippen molar-refractivity contribution >= 4 is 27.4 Å². The second-order valence-corrected chi connectivity index (χ2v) is 9.09. The summed E-state index contributed by atoms with van der Waals surface area (Å²) in [6.07, 6.45) is 3.65. The summed E-state index contributed by atoms with van der Waals surface area (Å²) < 4.78 is 5.80.